The third-order valence-corrected chi connectivity index (χ3v) is 9.77. The average molecular weight is 743 g/mol. The summed E-state index contributed by atoms with van der Waals surface area (Å²) in [6, 6.07) is 10.9. The van der Waals surface area contributed by atoms with Gasteiger partial charge in [0, 0.05) is 67.2 Å². The van der Waals surface area contributed by atoms with E-state index in [4.69, 9.17) is 0 Å². The Balaban J connectivity index is 1.13. The number of benzene rings is 1. The number of fused-ring (bicyclic) bond motifs is 1. The van der Waals surface area contributed by atoms with Crippen molar-refractivity contribution in [2.75, 3.05) is 4.72 Å². The summed E-state index contributed by atoms with van der Waals surface area (Å²) in [4.78, 5) is 54.6. The van der Waals surface area contributed by atoms with Crippen LogP contribution in [0.4, 0.5) is 14.5 Å². The highest BCUT2D eigenvalue weighted by Gasteiger charge is 2.23. The van der Waals surface area contributed by atoms with E-state index in [1.54, 1.807) is 18.3 Å². The third kappa shape index (κ3) is 7.70. The van der Waals surface area contributed by atoms with E-state index in [9.17, 15) is 27.9 Å². The van der Waals surface area contributed by atoms with Crippen molar-refractivity contribution in [3.8, 4) is 16.8 Å². The number of carbonyl (C=O) groups is 1. The number of halogens is 2. The number of carboxylic acids is 1. The maximum absolute atomic E-state index is 15.1. The number of carboxylic acid groups (broad SMARTS) is 1. The van der Waals surface area contributed by atoms with Crippen LogP contribution >= 0.6 is 0 Å². The Hall–Kier alpha value is -6.20. The van der Waals surface area contributed by atoms with Gasteiger partial charge in [0.05, 0.1) is 34.7 Å². The zero-order valence-electron chi connectivity index (χ0n) is 28.5. The zero-order valence-corrected chi connectivity index (χ0v) is 29.3. The summed E-state index contributed by atoms with van der Waals surface area (Å²) in [5.74, 6) is -3.23. The third-order valence-electron chi connectivity index (χ3n) is 8.49. The van der Waals surface area contributed by atoms with Crippen molar-refractivity contribution in [2.45, 2.75) is 43.8 Å². The number of nitrogens with one attached hydrogen (secondary N) is 2. The topological polar surface area (TPSA) is 191 Å². The molecule has 17 heteroatoms. The molecule has 3 N–H and O–H groups in total. The highest BCUT2D eigenvalue weighted by Crippen LogP contribution is 2.25. The molecule has 0 unspecified atom stereocenters. The van der Waals surface area contributed by atoms with E-state index in [2.05, 4.69) is 25.3 Å². The van der Waals surface area contributed by atoms with Crippen molar-refractivity contribution in [1.82, 2.24) is 34.4 Å². The molecule has 0 radical (unpaired) electrons. The molecule has 0 aliphatic heterocycles. The zero-order chi connectivity index (χ0) is 38.0. The van der Waals surface area contributed by atoms with Crippen molar-refractivity contribution in [3.05, 3.63) is 135 Å². The smallest absolute Gasteiger partial charge is 0.335 e. The molecule has 5 heterocycles. The number of anilines is 1. The van der Waals surface area contributed by atoms with Crippen LogP contribution in [0, 0.1) is 11.6 Å². The van der Waals surface area contributed by atoms with Gasteiger partial charge in [0.2, 0.25) is 0 Å². The van der Waals surface area contributed by atoms with Crippen LogP contribution in [0.5, 0.6) is 0 Å². The number of nitrogens with zero attached hydrogens (tertiary/aromatic N) is 6. The number of aryl methyl sites for hydroxylation is 1. The Bertz CT molecular complexity index is 2580. The minimum Gasteiger partial charge on any atom is -0.480 e. The molecule has 0 saturated heterocycles. The second-order valence-corrected chi connectivity index (χ2v) is 14.0. The lowest BCUT2D eigenvalue weighted by Gasteiger charge is -2.16. The van der Waals surface area contributed by atoms with Gasteiger partial charge in [-0.15, -0.1) is 0 Å². The Morgan fingerprint density at radius 1 is 0.906 bits per heavy atom. The first-order valence-corrected chi connectivity index (χ1v) is 17.6. The summed E-state index contributed by atoms with van der Waals surface area (Å²) in [6.07, 6.45) is 6.90. The summed E-state index contributed by atoms with van der Waals surface area (Å²) in [5.41, 5.74) is 0.916. The average Bonchev–Trinajstić information content (AvgIpc) is 3.14. The van der Waals surface area contributed by atoms with Gasteiger partial charge < -0.3 is 5.11 Å². The van der Waals surface area contributed by atoms with Crippen molar-refractivity contribution >= 4 is 32.6 Å². The summed E-state index contributed by atoms with van der Waals surface area (Å²) in [6.45, 7) is 3.56. The van der Waals surface area contributed by atoms with Gasteiger partial charge in [0.25, 0.3) is 15.6 Å². The molecule has 272 valence electrons. The van der Waals surface area contributed by atoms with Crippen LogP contribution in [0.15, 0.2) is 100 Å². The molecular formula is C36H32F2N8O6S. The summed E-state index contributed by atoms with van der Waals surface area (Å²) < 4.78 is 60.5. The lowest BCUT2D eigenvalue weighted by Crippen LogP contribution is -2.39. The molecule has 1 aromatic carbocycles. The molecule has 0 fully saturated rings. The van der Waals surface area contributed by atoms with Gasteiger partial charge in [-0.3, -0.25) is 39.1 Å². The van der Waals surface area contributed by atoms with Crippen molar-refractivity contribution < 1.29 is 27.1 Å². The first-order valence-electron chi connectivity index (χ1n) is 16.1. The van der Waals surface area contributed by atoms with Crippen molar-refractivity contribution in [3.63, 3.8) is 0 Å². The van der Waals surface area contributed by atoms with Gasteiger partial charge in [-0.2, -0.15) is 8.42 Å². The van der Waals surface area contributed by atoms with E-state index >= 15 is 8.78 Å². The van der Waals surface area contributed by atoms with Crippen LogP contribution in [0.25, 0.3) is 27.7 Å². The van der Waals surface area contributed by atoms with Crippen molar-refractivity contribution in [2.24, 2.45) is 7.05 Å². The van der Waals surface area contributed by atoms with Crippen LogP contribution in [-0.4, -0.2) is 54.6 Å². The van der Waals surface area contributed by atoms with Gasteiger partial charge in [0.15, 0.2) is 5.03 Å². The molecule has 0 amide bonds. The molecule has 53 heavy (non-hydrogen) atoms. The first-order chi connectivity index (χ1) is 25.2. The van der Waals surface area contributed by atoms with Gasteiger partial charge in [0.1, 0.15) is 17.7 Å². The number of rotatable bonds is 12. The SMILES string of the molecule is CC(C)c1cc(-c2ccc(S(=O)(=O)Nc3cc(F)c(CN[C@@H](Cc4ccc(-n5c(=O)c6ccncc6n(C)c5=O)cn4)C(=O)O)cc3F)nc2)ccn1. The summed E-state index contributed by atoms with van der Waals surface area (Å²) >= 11 is 0. The number of aromatic nitrogens is 6. The molecule has 0 aliphatic carbocycles. The standard InChI is InChI=1S/C36H32F2N8O6S/c1-20(2)29-13-21(8-11-40-29)22-4-7-33(43-16-22)53(51,52)44-30-15-27(37)23(12-28(30)38)17-42-31(35(48)49)14-24-5-6-25(18-41-24)46-34(47)26-9-10-39-19-32(26)45(3)36(46)50/h4-13,15-16,18-20,31,42,44H,14,17H2,1-3H3,(H,48,49)/t31-/m0/s1. The largest absolute Gasteiger partial charge is 0.480 e. The van der Waals surface area contributed by atoms with Crippen LogP contribution in [0.3, 0.4) is 0 Å². The molecule has 0 spiro atoms. The Morgan fingerprint density at radius 3 is 2.38 bits per heavy atom. The second-order valence-electron chi connectivity index (χ2n) is 12.4. The van der Waals surface area contributed by atoms with E-state index < -0.39 is 62.2 Å². The van der Waals surface area contributed by atoms with Gasteiger partial charge in [-0.25, -0.2) is 23.1 Å². The number of pyridine rings is 4. The quantitative estimate of drug-likeness (QED) is 0.165. The second kappa shape index (κ2) is 14.8. The van der Waals surface area contributed by atoms with E-state index in [-0.39, 0.29) is 34.7 Å². The summed E-state index contributed by atoms with van der Waals surface area (Å²) in [5, 5.41) is 12.3. The van der Waals surface area contributed by atoms with E-state index in [1.807, 2.05) is 24.6 Å². The molecule has 14 nitrogen and oxygen atoms in total. The van der Waals surface area contributed by atoms with Crippen LogP contribution in [0.1, 0.15) is 36.7 Å². The summed E-state index contributed by atoms with van der Waals surface area (Å²) in [7, 11) is -2.92. The molecule has 1 atom stereocenters. The first kappa shape index (κ1) is 36.6. The fraction of sp³-hybridized carbons (Fsp3) is 0.194. The molecular weight excluding hydrogens is 711 g/mol. The fourth-order valence-electron chi connectivity index (χ4n) is 5.53. The van der Waals surface area contributed by atoms with E-state index in [0.717, 1.165) is 21.9 Å². The molecule has 6 aromatic rings. The lowest BCUT2D eigenvalue weighted by atomic mass is 10.0. The van der Waals surface area contributed by atoms with Gasteiger partial charge in [-0.1, -0.05) is 13.8 Å². The molecule has 0 bridgehead atoms. The molecule has 6 rings (SSSR count). The molecule has 0 saturated carbocycles. The number of aliphatic carboxylic acids is 1. The maximum atomic E-state index is 15.1. The van der Waals surface area contributed by atoms with Crippen molar-refractivity contribution in [1.29, 1.82) is 0 Å². The monoisotopic (exact) mass is 742 g/mol. The number of hydrogen-bond donors (Lipinski definition) is 3. The molecule has 5 aromatic heterocycles. The normalized spacial score (nSPS) is 12.3. The van der Waals surface area contributed by atoms with Gasteiger partial charge >= 0.3 is 11.7 Å². The van der Waals surface area contributed by atoms with Crippen LogP contribution < -0.4 is 21.3 Å². The minimum atomic E-state index is -4.42. The van der Waals surface area contributed by atoms with Gasteiger partial charge in [-0.05, 0) is 60.0 Å². The van der Waals surface area contributed by atoms with E-state index in [0.29, 0.717) is 17.1 Å². The maximum Gasteiger partial charge on any atom is 0.335 e. The Labute approximate surface area is 300 Å². The number of sulfonamides is 1. The van der Waals surface area contributed by atoms with E-state index in [1.165, 1.54) is 60.7 Å². The predicted molar refractivity (Wildman–Crippen MR) is 191 cm³/mol. The Kier molecular flexibility index (Phi) is 10.2. The molecule has 0 aliphatic rings. The highest BCUT2D eigenvalue weighted by atomic mass is 32.2. The van der Waals surface area contributed by atoms with Crippen LogP contribution in [-0.2, 0) is 34.8 Å². The number of hydrogen-bond acceptors (Lipinski definition) is 10. The van der Waals surface area contributed by atoms with Crippen LogP contribution in [0.2, 0.25) is 0 Å². The lowest BCUT2D eigenvalue weighted by molar-refractivity contribution is -0.139. The fourth-order valence-corrected chi connectivity index (χ4v) is 6.52. The predicted octanol–water partition coefficient (Wildman–Crippen LogP) is 3.92. The Morgan fingerprint density at radius 2 is 1.70 bits per heavy atom. The minimum absolute atomic E-state index is 0.157. The highest BCUT2D eigenvalue weighted by molar-refractivity contribution is 7.92.